The maximum atomic E-state index is 11.3. The molecule has 0 spiro atoms. The van der Waals surface area contributed by atoms with E-state index in [1.165, 1.54) is 0 Å². The van der Waals surface area contributed by atoms with Gasteiger partial charge in [-0.15, -0.1) is 0 Å². The van der Waals surface area contributed by atoms with Crippen LogP contribution in [0, 0.1) is 0 Å². The fourth-order valence-corrected chi connectivity index (χ4v) is 4.14. The lowest BCUT2D eigenvalue weighted by atomic mass is 10.0. The number of hydrogen-bond donors (Lipinski definition) is 2. The highest BCUT2D eigenvalue weighted by Crippen LogP contribution is 2.40. The average Bonchev–Trinajstić information content (AvgIpc) is 3.39. The zero-order chi connectivity index (χ0) is 21.8. The number of nitrogens with one attached hydrogen (secondary N) is 1. The number of thiocarbonyl (C=S) groups is 1. The van der Waals surface area contributed by atoms with Crippen LogP contribution in [0.15, 0.2) is 65.2 Å². The number of benzene rings is 1. The standard InChI is InChI=1S/C23H23N3O4S/c1-29-13-5-12-26-21(20(25-23(26)31)17-8-2-3-11-24-17)19-10-9-18(30-19)15-6-4-7-16(14-15)22(27)28/h2-4,6-11,14,20-21H,5,12-13H2,1H3,(H,25,31)(H,27,28)/t20-,21-/m1/s1. The van der Waals surface area contributed by atoms with Crippen molar-refractivity contribution in [3.05, 3.63) is 77.8 Å². The summed E-state index contributed by atoms with van der Waals surface area (Å²) in [6, 6.07) is 15.9. The first-order valence-corrected chi connectivity index (χ1v) is 10.4. The number of aromatic nitrogens is 1. The van der Waals surface area contributed by atoms with Gasteiger partial charge in [0.1, 0.15) is 17.6 Å². The summed E-state index contributed by atoms with van der Waals surface area (Å²) >= 11 is 5.63. The number of carboxylic acid groups (broad SMARTS) is 1. The molecule has 0 aliphatic carbocycles. The molecule has 160 valence electrons. The zero-order valence-corrected chi connectivity index (χ0v) is 17.8. The molecule has 0 amide bonds. The maximum Gasteiger partial charge on any atom is 0.335 e. The molecule has 2 atom stereocenters. The van der Waals surface area contributed by atoms with Crippen molar-refractivity contribution in [2.75, 3.05) is 20.3 Å². The molecular formula is C23H23N3O4S. The van der Waals surface area contributed by atoms with Gasteiger partial charge in [-0.05, 0) is 55.0 Å². The van der Waals surface area contributed by atoms with Gasteiger partial charge in [0.05, 0.1) is 17.3 Å². The van der Waals surface area contributed by atoms with E-state index in [0.29, 0.717) is 29.6 Å². The van der Waals surface area contributed by atoms with Gasteiger partial charge in [-0.25, -0.2) is 4.79 Å². The fourth-order valence-electron chi connectivity index (χ4n) is 3.81. The molecule has 0 bridgehead atoms. The Balaban J connectivity index is 1.68. The number of nitrogens with zero attached hydrogens (tertiary/aromatic N) is 2. The van der Waals surface area contributed by atoms with Crippen LogP contribution in [0.2, 0.25) is 0 Å². The van der Waals surface area contributed by atoms with Crippen LogP contribution in [0.1, 0.15) is 40.3 Å². The van der Waals surface area contributed by atoms with Crippen LogP contribution in [0.25, 0.3) is 11.3 Å². The Kier molecular flexibility index (Phi) is 6.29. The number of ether oxygens (including phenoxy) is 1. The van der Waals surface area contributed by atoms with Gasteiger partial charge in [0.2, 0.25) is 0 Å². The highest BCUT2D eigenvalue weighted by molar-refractivity contribution is 7.80. The van der Waals surface area contributed by atoms with E-state index >= 15 is 0 Å². The molecule has 1 saturated heterocycles. The summed E-state index contributed by atoms with van der Waals surface area (Å²) in [6.07, 6.45) is 2.58. The molecule has 1 aromatic carbocycles. The number of pyridine rings is 1. The Morgan fingerprint density at radius 1 is 1.26 bits per heavy atom. The quantitative estimate of drug-likeness (QED) is 0.403. The van der Waals surface area contributed by atoms with E-state index in [0.717, 1.165) is 17.9 Å². The number of rotatable bonds is 8. The number of carboxylic acids is 1. The van der Waals surface area contributed by atoms with Gasteiger partial charge in [-0.2, -0.15) is 0 Å². The van der Waals surface area contributed by atoms with E-state index in [9.17, 15) is 9.90 Å². The third-order valence-electron chi connectivity index (χ3n) is 5.26. The number of hydrogen-bond acceptors (Lipinski definition) is 5. The molecule has 0 unspecified atom stereocenters. The molecule has 3 heterocycles. The largest absolute Gasteiger partial charge is 0.478 e. The fraction of sp³-hybridized carbons (Fsp3) is 0.261. The van der Waals surface area contributed by atoms with Crippen LogP contribution in [0.5, 0.6) is 0 Å². The van der Waals surface area contributed by atoms with Crippen molar-refractivity contribution < 1.29 is 19.1 Å². The van der Waals surface area contributed by atoms with Crippen molar-refractivity contribution in [3.63, 3.8) is 0 Å². The van der Waals surface area contributed by atoms with Crippen molar-refractivity contribution in [1.29, 1.82) is 0 Å². The molecule has 3 aromatic rings. The molecule has 2 N–H and O–H groups in total. The van der Waals surface area contributed by atoms with E-state index in [4.69, 9.17) is 21.4 Å². The highest BCUT2D eigenvalue weighted by atomic mass is 32.1. The third kappa shape index (κ3) is 4.45. The molecule has 8 heteroatoms. The number of aromatic carboxylic acids is 1. The van der Waals surface area contributed by atoms with E-state index in [2.05, 4.69) is 15.2 Å². The van der Waals surface area contributed by atoms with E-state index < -0.39 is 5.97 Å². The Bertz CT molecular complexity index is 1070. The van der Waals surface area contributed by atoms with Crippen LogP contribution in [0.3, 0.4) is 0 Å². The molecule has 0 saturated carbocycles. The molecule has 0 radical (unpaired) electrons. The van der Waals surface area contributed by atoms with Gasteiger partial charge < -0.3 is 24.5 Å². The summed E-state index contributed by atoms with van der Waals surface area (Å²) in [5, 5.41) is 13.3. The first-order valence-electron chi connectivity index (χ1n) is 9.99. The molecular weight excluding hydrogens is 414 g/mol. The minimum absolute atomic E-state index is 0.166. The minimum Gasteiger partial charge on any atom is -0.478 e. The maximum absolute atomic E-state index is 11.3. The molecule has 7 nitrogen and oxygen atoms in total. The van der Waals surface area contributed by atoms with Crippen molar-refractivity contribution >= 4 is 23.3 Å². The second-order valence-corrected chi connectivity index (χ2v) is 7.64. The number of furan rings is 1. The summed E-state index contributed by atoms with van der Waals surface area (Å²) in [5.74, 6) is 0.363. The molecule has 1 fully saturated rings. The van der Waals surface area contributed by atoms with Gasteiger partial charge in [0.25, 0.3) is 0 Å². The predicted molar refractivity (Wildman–Crippen MR) is 120 cm³/mol. The van der Waals surface area contributed by atoms with Gasteiger partial charge >= 0.3 is 5.97 Å². The Morgan fingerprint density at radius 3 is 2.87 bits per heavy atom. The van der Waals surface area contributed by atoms with E-state index in [1.54, 1.807) is 31.5 Å². The topological polar surface area (TPSA) is 87.8 Å². The van der Waals surface area contributed by atoms with Crippen molar-refractivity contribution in [2.45, 2.75) is 18.5 Å². The highest BCUT2D eigenvalue weighted by Gasteiger charge is 2.41. The van der Waals surface area contributed by atoms with Crippen LogP contribution in [-0.4, -0.2) is 46.3 Å². The average molecular weight is 438 g/mol. The third-order valence-corrected chi connectivity index (χ3v) is 5.61. The first-order chi connectivity index (χ1) is 15.1. The lowest BCUT2D eigenvalue weighted by molar-refractivity contribution is 0.0697. The molecule has 31 heavy (non-hydrogen) atoms. The van der Waals surface area contributed by atoms with E-state index in [-0.39, 0.29) is 17.6 Å². The second-order valence-electron chi connectivity index (χ2n) is 7.25. The van der Waals surface area contributed by atoms with E-state index in [1.807, 2.05) is 36.4 Å². The monoisotopic (exact) mass is 437 g/mol. The van der Waals surface area contributed by atoms with Crippen LogP contribution >= 0.6 is 12.2 Å². The van der Waals surface area contributed by atoms with Crippen molar-refractivity contribution in [2.24, 2.45) is 0 Å². The lowest BCUT2D eigenvalue weighted by Gasteiger charge is -2.25. The van der Waals surface area contributed by atoms with Gasteiger partial charge in [-0.1, -0.05) is 18.2 Å². The molecule has 2 aromatic heterocycles. The smallest absolute Gasteiger partial charge is 0.335 e. The summed E-state index contributed by atoms with van der Waals surface area (Å²) in [4.78, 5) is 17.9. The number of carbonyl (C=O) groups is 1. The van der Waals surface area contributed by atoms with Crippen LogP contribution in [-0.2, 0) is 4.74 Å². The summed E-state index contributed by atoms with van der Waals surface area (Å²) in [6.45, 7) is 1.34. The zero-order valence-electron chi connectivity index (χ0n) is 17.0. The SMILES string of the molecule is COCCCN1C(=S)N[C@H](c2ccccn2)[C@H]1c1ccc(-c2cccc(C(=O)O)c2)o1. The molecule has 1 aliphatic rings. The minimum atomic E-state index is -0.974. The van der Waals surface area contributed by atoms with Crippen LogP contribution in [0.4, 0.5) is 0 Å². The summed E-state index contributed by atoms with van der Waals surface area (Å²) < 4.78 is 11.4. The Hall–Kier alpha value is -3.23. The Labute approximate surface area is 185 Å². The first kappa shape index (κ1) is 21.0. The second kappa shape index (κ2) is 9.28. The van der Waals surface area contributed by atoms with Gasteiger partial charge in [0.15, 0.2) is 5.11 Å². The van der Waals surface area contributed by atoms with Crippen molar-refractivity contribution in [1.82, 2.24) is 15.2 Å². The molecule has 4 rings (SSSR count). The van der Waals surface area contributed by atoms with Gasteiger partial charge in [0, 0.05) is 32.0 Å². The predicted octanol–water partition coefficient (Wildman–Crippen LogP) is 4.05. The summed E-state index contributed by atoms with van der Waals surface area (Å²) in [7, 11) is 1.68. The molecule has 1 aliphatic heterocycles. The number of methoxy groups -OCH3 is 1. The summed E-state index contributed by atoms with van der Waals surface area (Å²) in [5.41, 5.74) is 1.79. The van der Waals surface area contributed by atoms with Crippen molar-refractivity contribution in [3.8, 4) is 11.3 Å². The normalized spacial score (nSPS) is 18.2. The Morgan fingerprint density at radius 2 is 2.13 bits per heavy atom. The van der Waals surface area contributed by atoms with Crippen LogP contribution < -0.4 is 5.32 Å². The van der Waals surface area contributed by atoms with Gasteiger partial charge in [-0.3, -0.25) is 4.98 Å². The lowest BCUT2D eigenvalue weighted by Crippen LogP contribution is -2.31.